The van der Waals surface area contributed by atoms with Crippen LogP contribution in [0.25, 0.3) is 0 Å². The third-order valence-electron chi connectivity index (χ3n) is 6.44. The Balaban J connectivity index is 1.70. The summed E-state index contributed by atoms with van der Waals surface area (Å²) in [6, 6.07) is 11.1. The molecule has 150 valence electrons. The van der Waals surface area contributed by atoms with Gasteiger partial charge in [0.05, 0.1) is 17.6 Å². The van der Waals surface area contributed by atoms with Crippen LogP contribution in [0.3, 0.4) is 0 Å². The molecule has 1 saturated carbocycles. The van der Waals surface area contributed by atoms with Gasteiger partial charge in [-0.05, 0) is 49.9 Å². The summed E-state index contributed by atoms with van der Waals surface area (Å²) in [7, 11) is 0. The molecule has 2 heterocycles. The standard InChI is InChI=1S/C24H26N2O3/c27-20-13-6-11-18-22(20)23(21-14-7-15-29-21)26(19-12-5-4-10-17(19)25-18)24(28)16-8-2-1-3-9-16/h4-5,7,10,12,14-16,23,25H,1-3,6,8-9,11,13H2/t23-/m1/s1. The Morgan fingerprint density at radius 2 is 1.83 bits per heavy atom. The summed E-state index contributed by atoms with van der Waals surface area (Å²) in [5, 5.41) is 3.49. The molecular weight excluding hydrogens is 364 g/mol. The predicted octanol–water partition coefficient (Wildman–Crippen LogP) is 5.37. The maximum absolute atomic E-state index is 13.9. The number of furan rings is 1. The van der Waals surface area contributed by atoms with Crippen molar-refractivity contribution in [3.8, 4) is 0 Å². The van der Waals surface area contributed by atoms with Crippen molar-refractivity contribution < 1.29 is 14.0 Å². The molecule has 1 aromatic carbocycles. The van der Waals surface area contributed by atoms with Gasteiger partial charge < -0.3 is 9.73 Å². The lowest BCUT2D eigenvalue weighted by Crippen LogP contribution is -2.41. The van der Waals surface area contributed by atoms with E-state index < -0.39 is 6.04 Å². The maximum atomic E-state index is 13.9. The number of ketones is 1. The predicted molar refractivity (Wildman–Crippen MR) is 111 cm³/mol. The number of amides is 1. The molecule has 3 aliphatic rings. The van der Waals surface area contributed by atoms with Gasteiger partial charge in [0.15, 0.2) is 5.78 Å². The highest BCUT2D eigenvalue weighted by atomic mass is 16.3. The van der Waals surface area contributed by atoms with Crippen molar-refractivity contribution in [3.05, 3.63) is 59.7 Å². The number of hydrogen-bond donors (Lipinski definition) is 1. The van der Waals surface area contributed by atoms with Crippen LogP contribution in [0.5, 0.6) is 0 Å². The van der Waals surface area contributed by atoms with Gasteiger partial charge in [-0.2, -0.15) is 0 Å². The smallest absolute Gasteiger partial charge is 0.231 e. The Hall–Kier alpha value is -2.82. The quantitative estimate of drug-likeness (QED) is 0.749. The Kier molecular flexibility index (Phi) is 4.74. The topological polar surface area (TPSA) is 62.6 Å². The molecule has 0 saturated heterocycles. The van der Waals surface area contributed by atoms with E-state index in [-0.39, 0.29) is 17.6 Å². The first kappa shape index (κ1) is 18.2. The Morgan fingerprint density at radius 3 is 2.62 bits per heavy atom. The van der Waals surface area contributed by atoms with Crippen LogP contribution in [0.15, 0.2) is 58.3 Å². The summed E-state index contributed by atoms with van der Waals surface area (Å²) in [6.07, 6.45) is 8.95. The van der Waals surface area contributed by atoms with E-state index in [4.69, 9.17) is 4.42 Å². The molecule has 5 heteroatoms. The summed E-state index contributed by atoms with van der Waals surface area (Å²) in [5.74, 6) is 0.854. The second-order valence-electron chi connectivity index (χ2n) is 8.27. The summed E-state index contributed by atoms with van der Waals surface area (Å²) in [6.45, 7) is 0. The van der Waals surface area contributed by atoms with Gasteiger partial charge in [0.2, 0.25) is 5.91 Å². The van der Waals surface area contributed by atoms with Crippen molar-refractivity contribution in [1.29, 1.82) is 0 Å². The Morgan fingerprint density at radius 1 is 1.00 bits per heavy atom. The fourth-order valence-corrected chi connectivity index (χ4v) is 5.04. The largest absolute Gasteiger partial charge is 0.467 e. The fourth-order valence-electron chi connectivity index (χ4n) is 5.04. The van der Waals surface area contributed by atoms with Gasteiger partial charge in [-0.25, -0.2) is 0 Å². The molecule has 0 radical (unpaired) electrons. The van der Waals surface area contributed by atoms with Crippen LogP contribution in [0.4, 0.5) is 11.4 Å². The average Bonchev–Trinajstić information content (AvgIpc) is 3.23. The number of fused-ring (bicyclic) bond motifs is 1. The number of rotatable bonds is 2. The SMILES string of the molecule is O=C1CCCC2=C1[C@@H](c1ccco1)N(C(=O)C1CCCCC1)c1ccccc1N2. The molecule has 2 aliphatic carbocycles. The monoisotopic (exact) mass is 390 g/mol. The molecule has 2 aromatic rings. The van der Waals surface area contributed by atoms with Crippen molar-refractivity contribution >= 4 is 23.1 Å². The molecule has 5 nitrogen and oxygen atoms in total. The van der Waals surface area contributed by atoms with Gasteiger partial charge >= 0.3 is 0 Å². The van der Waals surface area contributed by atoms with Crippen molar-refractivity contribution in [3.63, 3.8) is 0 Å². The number of nitrogens with one attached hydrogen (secondary N) is 1. The van der Waals surface area contributed by atoms with Crippen LogP contribution in [-0.2, 0) is 9.59 Å². The number of para-hydroxylation sites is 2. The molecule has 0 spiro atoms. The van der Waals surface area contributed by atoms with Crippen LogP contribution < -0.4 is 10.2 Å². The van der Waals surface area contributed by atoms with Gasteiger partial charge in [0.25, 0.3) is 0 Å². The van der Waals surface area contributed by atoms with Crippen LogP contribution in [0.2, 0.25) is 0 Å². The van der Waals surface area contributed by atoms with E-state index >= 15 is 0 Å². The number of anilines is 2. The summed E-state index contributed by atoms with van der Waals surface area (Å²) in [4.78, 5) is 28.8. The highest BCUT2D eigenvalue weighted by molar-refractivity contribution is 6.06. The van der Waals surface area contributed by atoms with Crippen molar-refractivity contribution in [2.24, 2.45) is 5.92 Å². The van der Waals surface area contributed by atoms with Crippen molar-refractivity contribution in [2.75, 3.05) is 10.2 Å². The number of allylic oxidation sites excluding steroid dienone is 1. The Labute approximate surface area is 170 Å². The Bertz CT molecular complexity index is 954. The second kappa shape index (κ2) is 7.54. The van der Waals surface area contributed by atoms with Gasteiger partial charge in [-0.3, -0.25) is 14.5 Å². The summed E-state index contributed by atoms with van der Waals surface area (Å²) in [5.41, 5.74) is 3.32. The van der Waals surface area contributed by atoms with Crippen LogP contribution in [0.1, 0.15) is 63.2 Å². The number of Topliss-reactive ketones (excluding diaryl/α,β-unsaturated/α-hetero) is 1. The molecule has 0 bridgehead atoms. The molecule has 29 heavy (non-hydrogen) atoms. The zero-order chi connectivity index (χ0) is 19.8. The van der Waals surface area contributed by atoms with E-state index in [2.05, 4.69) is 5.32 Å². The van der Waals surface area contributed by atoms with Gasteiger partial charge in [-0.15, -0.1) is 0 Å². The van der Waals surface area contributed by atoms with E-state index in [1.54, 1.807) is 6.26 Å². The maximum Gasteiger partial charge on any atom is 0.231 e. The lowest BCUT2D eigenvalue weighted by molar-refractivity contribution is -0.123. The van der Waals surface area contributed by atoms with Crippen LogP contribution in [0, 0.1) is 5.92 Å². The minimum Gasteiger partial charge on any atom is -0.467 e. The summed E-state index contributed by atoms with van der Waals surface area (Å²) < 4.78 is 5.80. The molecular formula is C24H26N2O3. The van der Waals surface area contributed by atoms with Crippen molar-refractivity contribution in [2.45, 2.75) is 57.4 Å². The van der Waals surface area contributed by atoms with Crippen LogP contribution >= 0.6 is 0 Å². The number of nitrogens with zero attached hydrogens (tertiary/aromatic N) is 1. The lowest BCUT2D eigenvalue weighted by Gasteiger charge is -2.35. The molecule has 1 aliphatic heterocycles. The average molecular weight is 390 g/mol. The normalized spacial score (nSPS) is 22.6. The number of carbonyl (C=O) groups is 2. The van der Waals surface area contributed by atoms with Crippen molar-refractivity contribution in [1.82, 2.24) is 0 Å². The van der Waals surface area contributed by atoms with Gasteiger partial charge in [-0.1, -0.05) is 31.4 Å². The molecule has 1 aromatic heterocycles. The number of benzene rings is 1. The minimum atomic E-state index is -0.515. The van der Waals surface area contributed by atoms with E-state index in [0.717, 1.165) is 55.6 Å². The highest BCUT2D eigenvalue weighted by Gasteiger charge is 2.42. The first-order chi connectivity index (χ1) is 14.2. The van der Waals surface area contributed by atoms with E-state index in [1.165, 1.54) is 6.42 Å². The molecule has 1 amide bonds. The number of hydrogen-bond acceptors (Lipinski definition) is 4. The third kappa shape index (κ3) is 3.18. The number of carbonyl (C=O) groups excluding carboxylic acids is 2. The van der Waals surface area contributed by atoms with Gasteiger partial charge in [0.1, 0.15) is 11.8 Å². The second-order valence-corrected chi connectivity index (χ2v) is 8.27. The molecule has 1 fully saturated rings. The zero-order valence-corrected chi connectivity index (χ0v) is 16.5. The van der Waals surface area contributed by atoms with Crippen LogP contribution in [-0.4, -0.2) is 11.7 Å². The first-order valence-electron chi connectivity index (χ1n) is 10.7. The van der Waals surface area contributed by atoms with Gasteiger partial charge in [0, 0.05) is 23.6 Å². The first-order valence-corrected chi connectivity index (χ1v) is 10.7. The minimum absolute atomic E-state index is 0.00453. The molecule has 1 atom stereocenters. The lowest BCUT2D eigenvalue weighted by atomic mass is 9.85. The molecule has 0 unspecified atom stereocenters. The molecule has 1 N–H and O–H groups in total. The highest BCUT2D eigenvalue weighted by Crippen LogP contribution is 2.46. The molecule has 5 rings (SSSR count). The third-order valence-corrected chi connectivity index (χ3v) is 6.44. The summed E-state index contributed by atoms with van der Waals surface area (Å²) >= 11 is 0. The van der Waals surface area contributed by atoms with E-state index in [9.17, 15) is 9.59 Å². The van der Waals surface area contributed by atoms with E-state index in [1.807, 2.05) is 41.3 Å². The fraction of sp³-hybridized carbons (Fsp3) is 0.417. The van der Waals surface area contributed by atoms with E-state index in [0.29, 0.717) is 17.8 Å². The zero-order valence-electron chi connectivity index (χ0n) is 16.5.